The van der Waals surface area contributed by atoms with Crippen molar-refractivity contribution < 1.29 is 28.5 Å². The van der Waals surface area contributed by atoms with Gasteiger partial charge in [0, 0.05) is 6.61 Å². The minimum atomic E-state index is -0.614. The summed E-state index contributed by atoms with van der Waals surface area (Å²) in [5.41, 5.74) is 4.28. The zero-order valence-electron chi connectivity index (χ0n) is 32.9. The monoisotopic (exact) mass is 714 g/mol. The number of esters is 2. The van der Waals surface area contributed by atoms with Gasteiger partial charge in [0.15, 0.2) is 6.10 Å². The molecule has 0 radical (unpaired) electrons. The molecule has 0 heterocycles. The Morgan fingerprint density at radius 2 is 0.942 bits per heavy atom. The van der Waals surface area contributed by atoms with Crippen LogP contribution >= 0.6 is 0 Å². The maximum atomic E-state index is 13.0. The van der Waals surface area contributed by atoms with E-state index in [0.29, 0.717) is 30.3 Å². The summed E-state index contributed by atoms with van der Waals surface area (Å²) in [5, 5.41) is 0. The Morgan fingerprint density at radius 3 is 1.40 bits per heavy atom. The summed E-state index contributed by atoms with van der Waals surface area (Å²) < 4.78 is 23.1. The largest absolute Gasteiger partial charge is 0.493 e. The van der Waals surface area contributed by atoms with Gasteiger partial charge in [-0.25, -0.2) is 9.59 Å². The third-order valence-corrected chi connectivity index (χ3v) is 9.61. The Kier molecular flexibility index (Phi) is 20.9. The normalized spacial score (nSPS) is 11.7. The van der Waals surface area contributed by atoms with Crippen LogP contribution in [0.15, 0.2) is 60.7 Å². The van der Waals surface area contributed by atoms with Crippen LogP contribution in [-0.4, -0.2) is 31.3 Å². The highest BCUT2D eigenvalue weighted by molar-refractivity contribution is 5.92. The van der Waals surface area contributed by atoms with Crippen LogP contribution in [0.2, 0.25) is 0 Å². The van der Waals surface area contributed by atoms with Gasteiger partial charge in [-0.3, -0.25) is 0 Å². The van der Waals surface area contributed by atoms with Crippen molar-refractivity contribution >= 4 is 11.9 Å². The molecule has 0 amide bonds. The van der Waals surface area contributed by atoms with E-state index in [2.05, 4.69) is 13.8 Å². The van der Waals surface area contributed by atoms with Gasteiger partial charge in [0.2, 0.25) is 0 Å². The van der Waals surface area contributed by atoms with Crippen molar-refractivity contribution in [3.05, 3.63) is 77.4 Å². The molecule has 3 aromatic rings. The number of carbonyl (C=O) groups excluding carboxylic acids is 2. The molecule has 52 heavy (non-hydrogen) atoms. The van der Waals surface area contributed by atoms with Crippen LogP contribution < -0.4 is 14.2 Å². The van der Waals surface area contributed by atoms with Gasteiger partial charge in [-0.1, -0.05) is 141 Å². The number of hydrogen-bond acceptors (Lipinski definition) is 6. The summed E-state index contributed by atoms with van der Waals surface area (Å²) in [7, 11) is 0. The lowest BCUT2D eigenvalue weighted by Gasteiger charge is -2.14. The zero-order valence-corrected chi connectivity index (χ0v) is 32.9. The highest BCUT2D eigenvalue weighted by Gasteiger charge is 2.17. The number of hydrogen-bond donors (Lipinski definition) is 0. The second-order valence-electron chi connectivity index (χ2n) is 14.3. The van der Waals surface area contributed by atoms with E-state index in [1.165, 1.54) is 96.3 Å². The molecule has 0 aliphatic carbocycles. The zero-order chi connectivity index (χ0) is 37.4. The number of carbonyl (C=O) groups is 2. The smallest absolute Gasteiger partial charge is 0.343 e. The first-order valence-corrected chi connectivity index (χ1v) is 20.3. The molecular formula is C46H66O6. The van der Waals surface area contributed by atoms with Gasteiger partial charge in [-0.15, -0.1) is 0 Å². The Balaban J connectivity index is 1.37. The molecule has 1 unspecified atom stereocenters. The summed E-state index contributed by atoms with van der Waals surface area (Å²) in [6, 6.07) is 18.4. The quantitative estimate of drug-likeness (QED) is 0.0445. The molecule has 0 bridgehead atoms. The van der Waals surface area contributed by atoms with Gasteiger partial charge in [-0.05, 0) is 92.3 Å². The fourth-order valence-electron chi connectivity index (χ4n) is 6.42. The summed E-state index contributed by atoms with van der Waals surface area (Å²) in [6.45, 7) is 11.4. The van der Waals surface area contributed by atoms with E-state index < -0.39 is 18.0 Å². The van der Waals surface area contributed by atoms with Crippen LogP contribution in [0.3, 0.4) is 0 Å². The maximum absolute atomic E-state index is 13.0. The summed E-state index contributed by atoms with van der Waals surface area (Å²) in [5.74, 6) is 1.01. The first-order chi connectivity index (χ1) is 25.3. The molecule has 286 valence electrons. The van der Waals surface area contributed by atoms with Crippen LogP contribution in [0.5, 0.6) is 17.2 Å². The van der Waals surface area contributed by atoms with Gasteiger partial charge in [0.1, 0.15) is 17.2 Å². The third kappa shape index (κ3) is 16.4. The number of unbranched alkanes of at least 4 members (excludes halogenated alkanes) is 16. The SMILES string of the molecule is CCCCCCCCCCCCOC(C)C(=O)Oc1ccc(-c2ccc(OC(=O)c3cc(C)c(OCCCCCCCCCC)c(C)c3)cc2)cc1. The number of rotatable bonds is 27. The highest BCUT2D eigenvalue weighted by Crippen LogP contribution is 2.28. The molecule has 0 aliphatic rings. The molecular weight excluding hydrogens is 648 g/mol. The maximum Gasteiger partial charge on any atom is 0.343 e. The number of benzene rings is 3. The van der Waals surface area contributed by atoms with E-state index in [-0.39, 0.29) is 0 Å². The minimum Gasteiger partial charge on any atom is -0.493 e. The second kappa shape index (κ2) is 25.4. The predicted molar refractivity (Wildman–Crippen MR) is 214 cm³/mol. The molecule has 0 N–H and O–H groups in total. The van der Waals surface area contributed by atoms with Crippen molar-refractivity contribution in [3.8, 4) is 28.4 Å². The molecule has 0 saturated carbocycles. The van der Waals surface area contributed by atoms with Crippen molar-refractivity contribution in [1.29, 1.82) is 0 Å². The lowest BCUT2D eigenvalue weighted by atomic mass is 10.1. The van der Waals surface area contributed by atoms with E-state index in [0.717, 1.165) is 47.3 Å². The van der Waals surface area contributed by atoms with E-state index in [1.807, 2.05) is 50.2 Å². The van der Waals surface area contributed by atoms with E-state index in [4.69, 9.17) is 18.9 Å². The standard InChI is InChI=1S/C46H66O6/c1-6-8-10-12-14-16-17-19-20-22-32-49-38(5)45(47)51-42-28-24-39(25-29-42)40-26-30-43(31-27-40)52-46(48)41-34-36(3)44(37(4)35-41)50-33-23-21-18-15-13-11-9-7-2/h24-31,34-35,38H,6-23,32-33H2,1-5H3. The Hall–Kier alpha value is -3.64. The predicted octanol–water partition coefficient (Wildman–Crippen LogP) is 12.9. The second-order valence-corrected chi connectivity index (χ2v) is 14.3. The van der Waals surface area contributed by atoms with Crippen LogP contribution in [-0.2, 0) is 9.53 Å². The first kappa shape index (κ1) is 42.8. The molecule has 0 fully saturated rings. The van der Waals surface area contributed by atoms with Gasteiger partial charge < -0.3 is 18.9 Å². The van der Waals surface area contributed by atoms with E-state index >= 15 is 0 Å². The number of aryl methyl sites for hydroxylation is 2. The lowest BCUT2D eigenvalue weighted by Crippen LogP contribution is -2.26. The van der Waals surface area contributed by atoms with E-state index in [9.17, 15) is 9.59 Å². The Morgan fingerprint density at radius 1 is 0.538 bits per heavy atom. The molecule has 6 nitrogen and oxygen atoms in total. The van der Waals surface area contributed by atoms with Crippen LogP contribution in [0.4, 0.5) is 0 Å². The third-order valence-electron chi connectivity index (χ3n) is 9.61. The molecule has 0 aliphatic heterocycles. The molecule has 1 atom stereocenters. The first-order valence-electron chi connectivity index (χ1n) is 20.3. The van der Waals surface area contributed by atoms with Crippen LogP contribution in [0.1, 0.15) is 158 Å². The molecule has 3 aromatic carbocycles. The molecule has 6 heteroatoms. The molecule has 0 saturated heterocycles. The molecule has 0 spiro atoms. The van der Waals surface area contributed by atoms with Gasteiger partial charge >= 0.3 is 11.9 Å². The number of ether oxygens (including phenoxy) is 4. The minimum absolute atomic E-state index is 0.391. The van der Waals surface area contributed by atoms with Gasteiger partial charge in [0.05, 0.1) is 12.2 Å². The fourth-order valence-corrected chi connectivity index (χ4v) is 6.42. The van der Waals surface area contributed by atoms with Gasteiger partial charge in [0.25, 0.3) is 0 Å². The average molecular weight is 715 g/mol. The van der Waals surface area contributed by atoms with Crippen molar-refractivity contribution in [2.75, 3.05) is 13.2 Å². The fraction of sp³-hybridized carbons (Fsp3) is 0.565. The topological polar surface area (TPSA) is 71.1 Å². The molecule has 0 aromatic heterocycles. The van der Waals surface area contributed by atoms with Crippen molar-refractivity contribution in [2.45, 2.75) is 156 Å². The van der Waals surface area contributed by atoms with Crippen molar-refractivity contribution in [3.63, 3.8) is 0 Å². The Bertz CT molecular complexity index is 1410. The Labute approximate surface area is 315 Å². The molecule has 3 rings (SSSR count). The van der Waals surface area contributed by atoms with Crippen molar-refractivity contribution in [1.82, 2.24) is 0 Å². The highest BCUT2D eigenvalue weighted by atomic mass is 16.6. The average Bonchev–Trinajstić information content (AvgIpc) is 3.14. The lowest BCUT2D eigenvalue weighted by molar-refractivity contribution is -0.146. The van der Waals surface area contributed by atoms with Crippen LogP contribution in [0, 0.1) is 13.8 Å². The van der Waals surface area contributed by atoms with Crippen LogP contribution in [0.25, 0.3) is 11.1 Å². The summed E-state index contributed by atoms with van der Waals surface area (Å²) in [4.78, 5) is 25.6. The van der Waals surface area contributed by atoms with Gasteiger partial charge in [-0.2, -0.15) is 0 Å². The van der Waals surface area contributed by atoms with E-state index in [1.54, 1.807) is 31.2 Å². The van der Waals surface area contributed by atoms with Crippen molar-refractivity contribution in [2.24, 2.45) is 0 Å². The summed E-state index contributed by atoms with van der Waals surface area (Å²) >= 11 is 0. The summed E-state index contributed by atoms with van der Waals surface area (Å²) in [6.07, 6.45) is 22.1.